The molecule has 4 nitrogen and oxygen atoms in total. The summed E-state index contributed by atoms with van der Waals surface area (Å²) in [6.07, 6.45) is 6.71. The Labute approximate surface area is 121 Å². The van der Waals surface area contributed by atoms with Crippen LogP contribution in [0.1, 0.15) is 37.7 Å². The van der Waals surface area contributed by atoms with Gasteiger partial charge in [0.25, 0.3) is 5.69 Å². The van der Waals surface area contributed by atoms with Gasteiger partial charge in [-0.25, -0.2) is 0 Å². The first-order valence-corrected chi connectivity index (χ1v) is 7.59. The molecular formula is C14H19BrN2O2. The molecule has 5 heteroatoms. The molecule has 1 aliphatic carbocycles. The first kappa shape index (κ1) is 14.5. The molecule has 1 N–H and O–H groups in total. The lowest BCUT2D eigenvalue weighted by atomic mass is 10.0. The second-order valence-corrected chi connectivity index (χ2v) is 6.01. The summed E-state index contributed by atoms with van der Waals surface area (Å²) in [6, 6.07) is 5.29. The smallest absolute Gasteiger partial charge is 0.283 e. The van der Waals surface area contributed by atoms with E-state index in [0.29, 0.717) is 11.0 Å². The van der Waals surface area contributed by atoms with Crippen LogP contribution < -0.4 is 5.32 Å². The summed E-state index contributed by atoms with van der Waals surface area (Å²) in [6.45, 7) is 1.69. The highest BCUT2D eigenvalue weighted by Crippen LogP contribution is 2.27. The molecule has 0 atom stereocenters. The van der Waals surface area contributed by atoms with Crippen molar-refractivity contribution in [2.45, 2.75) is 38.6 Å². The van der Waals surface area contributed by atoms with E-state index in [9.17, 15) is 10.1 Å². The quantitative estimate of drug-likeness (QED) is 0.488. The van der Waals surface area contributed by atoms with Crippen molar-refractivity contribution < 1.29 is 4.92 Å². The zero-order valence-electron chi connectivity index (χ0n) is 10.9. The lowest BCUT2D eigenvalue weighted by Crippen LogP contribution is -2.17. The van der Waals surface area contributed by atoms with Crippen LogP contribution in [-0.4, -0.2) is 11.5 Å². The second-order valence-electron chi connectivity index (χ2n) is 5.16. The molecule has 0 aromatic heterocycles. The largest absolute Gasteiger partial charge is 0.313 e. The average molecular weight is 327 g/mol. The van der Waals surface area contributed by atoms with Gasteiger partial charge in [0.05, 0.1) is 9.40 Å². The van der Waals surface area contributed by atoms with Crippen molar-refractivity contribution in [1.29, 1.82) is 0 Å². The van der Waals surface area contributed by atoms with Crippen LogP contribution in [0.25, 0.3) is 0 Å². The van der Waals surface area contributed by atoms with Gasteiger partial charge < -0.3 is 5.32 Å². The molecule has 19 heavy (non-hydrogen) atoms. The molecule has 0 spiro atoms. The number of nitro benzene ring substituents is 1. The SMILES string of the molecule is O=[N+]([O-])c1cc(CNCCC2CCCC2)ccc1Br. The molecule has 104 valence electrons. The van der Waals surface area contributed by atoms with E-state index in [1.54, 1.807) is 12.1 Å². The van der Waals surface area contributed by atoms with Gasteiger partial charge in [0.15, 0.2) is 0 Å². The highest BCUT2D eigenvalue weighted by molar-refractivity contribution is 9.10. The van der Waals surface area contributed by atoms with E-state index in [4.69, 9.17) is 0 Å². The minimum absolute atomic E-state index is 0.134. The molecule has 1 aliphatic rings. The van der Waals surface area contributed by atoms with Gasteiger partial charge in [-0.15, -0.1) is 0 Å². The number of nitrogens with zero attached hydrogens (tertiary/aromatic N) is 1. The monoisotopic (exact) mass is 326 g/mol. The molecule has 0 amide bonds. The molecule has 2 rings (SSSR count). The van der Waals surface area contributed by atoms with Crippen LogP contribution in [0.5, 0.6) is 0 Å². The summed E-state index contributed by atoms with van der Waals surface area (Å²) < 4.78 is 0.534. The summed E-state index contributed by atoms with van der Waals surface area (Å²) in [4.78, 5) is 10.5. The lowest BCUT2D eigenvalue weighted by Gasteiger charge is -2.09. The van der Waals surface area contributed by atoms with E-state index in [1.165, 1.54) is 32.1 Å². The number of benzene rings is 1. The molecule has 0 radical (unpaired) electrons. The maximum absolute atomic E-state index is 10.8. The van der Waals surface area contributed by atoms with E-state index in [1.807, 2.05) is 6.07 Å². The molecular weight excluding hydrogens is 308 g/mol. The van der Waals surface area contributed by atoms with E-state index in [2.05, 4.69) is 21.2 Å². The van der Waals surface area contributed by atoms with Crippen LogP contribution >= 0.6 is 15.9 Å². The summed E-state index contributed by atoms with van der Waals surface area (Å²) in [7, 11) is 0. The summed E-state index contributed by atoms with van der Waals surface area (Å²) in [5.41, 5.74) is 1.09. The van der Waals surface area contributed by atoms with Gasteiger partial charge in [-0.05, 0) is 46.4 Å². The van der Waals surface area contributed by atoms with E-state index >= 15 is 0 Å². The van der Waals surface area contributed by atoms with Crippen molar-refractivity contribution in [3.8, 4) is 0 Å². The first-order valence-electron chi connectivity index (χ1n) is 6.80. The fraction of sp³-hybridized carbons (Fsp3) is 0.571. The Hall–Kier alpha value is -0.940. The normalized spacial score (nSPS) is 15.8. The first-order chi connectivity index (χ1) is 9.16. The van der Waals surface area contributed by atoms with E-state index < -0.39 is 0 Å². The van der Waals surface area contributed by atoms with Crippen molar-refractivity contribution in [3.63, 3.8) is 0 Å². The second kappa shape index (κ2) is 7.01. The van der Waals surface area contributed by atoms with Crippen molar-refractivity contribution in [2.75, 3.05) is 6.54 Å². The van der Waals surface area contributed by atoms with Crippen LogP contribution in [-0.2, 0) is 6.54 Å². The van der Waals surface area contributed by atoms with E-state index in [0.717, 1.165) is 18.0 Å². The standard InChI is InChI=1S/C14H19BrN2O2/c15-13-6-5-12(9-14(13)17(18)19)10-16-8-7-11-3-1-2-4-11/h5-6,9,11,16H,1-4,7-8,10H2. The highest BCUT2D eigenvalue weighted by Gasteiger charge is 2.14. The fourth-order valence-corrected chi connectivity index (χ4v) is 3.04. The summed E-state index contributed by atoms with van der Waals surface area (Å²) in [5.74, 6) is 0.881. The Kier molecular flexibility index (Phi) is 5.34. The zero-order valence-corrected chi connectivity index (χ0v) is 12.5. The van der Waals surface area contributed by atoms with Crippen LogP contribution in [0.3, 0.4) is 0 Å². The Morgan fingerprint density at radius 1 is 1.37 bits per heavy atom. The Morgan fingerprint density at radius 2 is 2.11 bits per heavy atom. The van der Waals surface area contributed by atoms with Crippen LogP contribution in [0.15, 0.2) is 22.7 Å². The minimum atomic E-state index is -0.355. The third-order valence-corrected chi connectivity index (χ3v) is 4.41. The van der Waals surface area contributed by atoms with Crippen LogP contribution in [0.2, 0.25) is 0 Å². The summed E-state index contributed by atoms with van der Waals surface area (Å²) >= 11 is 3.20. The van der Waals surface area contributed by atoms with Gasteiger partial charge in [0, 0.05) is 12.6 Å². The molecule has 0 bridgehead atoms. The van der Waals surface area contributed by atoms with Crippen molar-refractivity contribution in [3.05, 3.63) is 38.3 Å². The van der Waals surface area contributed by atoms with Gasteiger partial charge >= 0.3 is 0 Å². The molecule has 0 heterocycles. The molecule has 0 aliphatic heterocycles. The highest BCUT2D eigenvalue weighted by atomic mass is 79.9. The van der Waals surface area contributed by atoms with Crippen LogP contribution in [0.4, 0.5) is 5.69 Å². The topological polar surface area (TPSA) is 55.2 Å². The average Bonchev–Trinajstić information content (AvgIpc) is 2.89. The van der Waals surface area contributed by atoms with Gasteiger partial charge in [-0.2, -0.15) is 0 Å². The predicted molar refractivity (Wildman–Crippen MR) is 79.1 cm³/mol. The van der Waals surface area contributed by atoms with Gasteiger partial charge in [-0.1, -0.05) is 31.7 Å². The maximum Gasteiger partial charge on any atom is 0.283 e. The van der Waals surface area contributed by atoms with Gasteiger partial charge in [-0.3, -0.25) is 10.1 Å². The number of hydrogen-bond donors (Lipinski definition) is 1. The molecule has 1 aromatic rings. The third-order valence-electron chi connectivity index (χ3n) is 3.74. The molecule has 0 unspecified atom stereocenters. The Bertz CT molecular complexity index is 445. The zero-order chi connectivity index (χ0) is 13.7. The Balaban J connectivity index is 1.79. The fourth-order valence-electron chi connectivity index (χ4n) is 2.65. The predicted octanol–water partition coefficient (Wildman–Crippen LogP) is 4.03. The Morgan fingerprint density at radius 3 is 2.79 bits per heavy atom. The minimum Gasteiger partial charge on any atom is -0.313 e. The summed E-state index contributed by atoms with van der Waals surface area (Å²) in [5, 5.41) is 14.2. The van der Waals surface area contributed by atoms with Crippen molar-refractivity contribution in [1.82, 2.24) is 5.32 Å². The van der Waals surface area contributed by atoms with Crippen molar-refractivity contribution in [2.24, 2.45) is 5.92 Å². The van der Waals surface area contributed by atoms with E-state index in [-0.39, 0.29) is 10.6 Å². The number of hydrogen-bond acceptors (Lipinski definition) is 3. The molecule has 0 saturated heterocycles. The number of nitro groups is 1. The number of nitrogens with one attached hydrogen (secondary N) is 1. The van der Waals surface area contributed by atoms with Gasteiger partial charge in [0.1, 0.15) is 0 Å². The lowest BCUT2D eigenvalue weighted by molar-refractivity contribution is -0.385. The van der Waals surface area contributed by atoms with Gasteiger partial charge in [0.2, 0.25) is 0 Å². The van der Waals surface area contributed by atoms with Crippen molar-refractivity contribution >= 4 is 21.6 Å². The third kappa shape index (κ3) is 4.28. The maximum atomic E-state index is 10.8. The number of rotatable bonds is 6. The molecule has 1 aromatic carbocycles. The number of halogens is 1. The van der Waals surface area contributed by atoms with Crippen LogP contribution in [0, 0.1) is 16.0 Å². The molecule has 1 fully saturated rings. The molecule has 1 saturated carbocycles.